The standard InChI is InChI=1S/C15H18N2O2S/c18-14(16-10-11-4-3-9-19-11)7-8-15-17-12-5-1-2-6-13(12)20-15/h1-2,5-6,11H,3-4,7-10H2,(H,16,18)/t11-/m0/s1. The minimum Gasteiger partial charge on any atom is -0.376 e. The number of aromatic nitrogens is 1. The maximum atomic E-state index is 11.8. The molecule has 4 nitrogen and oxygen atoms in total. The molecule has 1 amide bonds. The van der Waals surface area contributed by atoms with E-state index in [1.54, 1.807) is 11.3 Å². The summed E-state index contributed by atoms with van der Waals surface area (Å²) in [5, 5.41) is 3.97. The predicted octanol–water partition coefficient (Wildman–Crippen LogP) is 2.52. The highest BCUT2D eigenvalue weighted by atomic mass is 32.1. The molecule has 20 heavy (non-hydrogen) atoms. The highest BCUT2D eigenvalue weighted by Gasteiger charge is 2.16. The molecular formula is C15H18N2O2S. The second-order valence-corrected chi connectivity index (χ2v) is 6.13. The topological polar surface area (TPSA) is 51.2 Å². The second-order valence-electron chi connectivity index (χ2n) is 5.01. The minimum absolute atomic E-state index is 0.0831. The summed E-state index contributed by atoms with van der Waals surface area (Å²) in [4.78, 5) is 16.3. The van der Waals surface area contributed by atoms with Crippen LogP contribution in [-0.2, 0) is 16.0 Å². The molecule has 0 spiro atoms. The lowest BCUT2D eigenvalue weighted by Crippen LogP contribution is -2.31. The van der Waals surface area contributed by atoms with Gasteiger partial charge in [-0.15, -0.1) is 11.3 Å². The molecule has 0 unspecified atom stereocenters. The van der Waals surface area contributed by atoms with Crippen LogP contribution in [0.5, 0.6) is 0 Å². The first-order valence-corrected chi connectivity index (χ1v) is 7.85. The largest absolute Gasteiger partial charge is 0.376 e. The molecule has 2 aromatic rings. The van der Waals surface area contributed by atoms with Crippen LogP contribution in [-0.4, -0.2) is 30.1 Å². The number of hydrogen-bond donors (Lipinski definition) is 1. The van der Waals surface area contributed by atoms with E-state index in [4.69, 9.17) is 4.74 Å². The Morgan fingerprint density at radius 3 is 3.15 bits per heavy atom. The first-order valence-electron chi connectivity index (χ1n) is 7.04. The third-order valence-corrected chi connectivity index (χ3v) is 4.55. The molecule has 1 aromatic heterocycles. The van der Waals surface area contributed by atoms with Gasteiger partial charge < -0.3 is 10.1 Å². The number of hydrogen-bond acceptors (Lipinski definition) is 4. The highest BCUT2D eigenvalue weighted by molar-refractivity contribution is 7.18. The van der Waals surface area contributed by atoms with Crippen molar-refractivity contribution in [3.63, 3.8) is 0 Å². The molecule has 1 saturated heterocycles. The van der Waals surface area contributed by atoms with Gasteiger partial charge in [0.2, 0.25) is 5.91 Å². The Morgan fingerprint density at radius 1 is 1.45 bits per heavy atom. The molecule has 1 N–H and O–H groups in total. The Kier molecular flexibility index (Phi) is 4.28. The Balaban J connectivity index is 1.47. The third-order valence-electron chi connectivity index (χ3n) is 3.45. The Morgan fingerprint density at radius 2 is 2.35 bits per heavy atom. The number of ether oxygens (including phenoxy) is 1. The number of fused-ring (bicyclic) bond motifs is 1. The molecular weight excluding hydrogens is 272 g/mol. The number of carbonyl (C=O) groups is 1. The summed E-state index contributed by atoms with van der Waals surface area (Å²) in [5.41, 5.74) is 1.02. The lowest BCUT2D eigenvalue weighted by molar-refractivity contribution is -0.121. The van der Waals surface area contributed by atoms with Gasteiger partial charge in [0.05, 0.1) is 21.3 Å². The van der Waals surface area contributed by atoms with Crippen molar-refractivity contribution in [1.82, 2.24) is 10.3 Å². The van der Waals surface area contributed by atoms with Gasteiger partial charge in [0, 0.05) is 26.0 Å². The van der Waals surface area contributed by atoms with Crippen molar-refractivity contribution in [2.45, 2.75) is 31.8 Å². The van der Waals surface area contributed by atoms with Crippen LogP contribution in [0.4, 0.5) is 0 Å². The average molecular weight is 290 g/mol. The van der Waals surface area contributed by atoms with Crippen molar-refractivity contribution in [1.29, 1.82) is 0 Å². The van der Waals surface area contributed by atoms with Gasteiger partial charge >= 0.3 is 0 Å². The first-order chi connectivity index (χ1) is 9.81. The summed E-state index contributed by atoms with van der Waals surface area (Å²) in [7, 11) is 0. The van der Waals surface area contributed by atoms with Crippen LogP contribution >= 0.6 is 11.3 Å². The molecule has 1 aliphatic rings. The van der Waals surface area contributed by atoms with E-state index >= 15 is 0 Å². The van der Waals surface area contributed by atoms with E-state index in [9.17, 15) is 4.79 Å². The summed E-state index contributed by atoms with van der Waals surface area (Å²) >= 11 is 1.67. The summed E-state index contributed by atoms with van der Waals surface area (Å²) in [6.07, 6.45) is 3.56. The van der Waals surface area contributed by atoms with E-state index in [2.05, 4.69) is 16.4 Å². The zero-order chi connectivity index (χ0) is 13.8. The zero-order valence-electron chi connectivity index (χ0n) is 11.3. The summed E-state index contributed by atoms with van der Waals surface area (Å²) in [5.74, 6) is 0.0831. The van der Waals surface area contributed by atoms with Crippen molar-refractivity contribution < 1.29 is 9.53 Å². The molecule has 0 bridgehead atoms. The quantitative estimate of drug-likeness (QED) is 0.920. The van der Waals surface area contributed by atoms with Gasteiger partial charge in [0.15, 0.2) is 0 Å². The molecule has 1 atom stereocenters. The van der Waals surface area contributed by atoms with Crippen molar-refractivity contribution in [3.05, 3.63) is 29.3 Å². The fraction of sp³-hybridized carbons (Fsp3) is 0.467. The van der Waals surface area contributed by atoms with Crippen LogP contribution in [0.3, 0.4) is 0 Å². The maximum absolute atomic E-state index is 11.8. The van der Waals surface area contributed by atoms with E-state index in [0.29, 0.717) is 19.4 Å². The Bertz CT molecular complexity index is 557. The second kappa shape index (κ2) is 6.33. The molecule has 2 heterocycles. The van der Waals surface area contributed by atoms with Crippen LogP contribution in [0.2, 0.25) is 0 Å². The van der Waals surface area contributed by atoms with E-state index in [1.807, 2.05) is 18.2 Å². The number of aryl methyl sites for hydroxylation is 1. The predicted molar refractivity (Wildman–Crippen MR) is 79.9 cm³/mol. The molecule has 0 radical (unpaired) electrons. The summed E-state index contributed by atoms with van der Waals surface area (Å²) in [6.45, 7) is 1.46. The normalized spacial score (nSPS) is 18.5. The van der Waals surface area contributed by atoms with Crippen molar-refractivity contribution >= 4 is 27.5 Å². The molecule has 1 aliphatic heterocycles. The van der Waals surface area contributed by atoms with Gasteiger partial charge in [0.25, 0.3) is 0 Å². The average Bonchev–Trinajstić information content (AvgIpc) is 3.11. The number of benzene rings is 1. The fourth-order valence-corrected chi connectivity index (χ4v) is 3.34. The van der Waals surface area contributed by atoms with Gasteiger partial charge in [-0.1, -0.05) is 12.1 Å². The molecule has 3 rings (SSSR count). The maximum Gasteiger partial charge on any atom is 0.220 e. The fourth-order valence-electron chi connectivity index (χ4n) is 2.37. The van der Waals surface area contributed by atoms with Crippen LogP contribution < -0.4 is 5.32 Å². The van der Waals surface area contributed by atoms with E-state index in [0.717, 1.165) is 30.0 Å². The number of carbonyl (C=O) groups excluding carboxylic acids is 1. The first kappa shape index (κ1) is 13.5. The number of amides is 1. The Labute approximate surface area is 122 Å². The number of rotatable bonds is 5. The van der Waals surface area contributed by atoms with E-state index < -0.39 is 0 Å². The van der Waals surface area contributed by atoms with Gasteiger partial charge in [-0.3, -0.25) is 4.79 Å². The minimum atomic E-state index is 0.0831. The zero-order valence-corrected chi connectivity index (χ0v) is 12.1. The van der Waals surface area contributed by atoms with Crippen molar-refractivity contribution in [2.75, 3.05) is 13.2 Å². The number of thiazole rings is 1. The van der Waals surface area contributed by atoms with Crippen LogP contribution in [0.1, 0.15) is 24.3 Å². The third kappa shape index (κ3) is 3.35. The number of nitrogens with one attached hydrogen (secondary N) is 1. The van der Waals surface area contributed by atoms with E-state index in [-0.39, 0.29) is 12.0 Å². The van der Waals surface area contributed by atoms with Crippen molar-refractivity contribution in [3.8, 4) is 0 Å². The molecule has 5 heteroatoms. The summed E-state index contributed by atoms with van der Waals surface area (Å²) < 4.78 is 6.66. The monoisotopic (exact) mass is 290 g/mol. The van der Waals surface area contributed by atoms with Gasteiger partial charge in [-0.2, -0.15) is 0 Å². The summed E-state index contributed by atoms with van der Waals surface area (Å²) in [6, 6.07) is 8.07. The molecule has 1 aromatic carbocycles. The van der Waals surface area contributed by atoms with Crippen LogP contribution in [0, 0.1) is 0 Å². The van der Waals surface area contributed by atoms with Gasteiger partial charge in [0.1, 0.15) is 0 Å². The van der Waals surface area contributed by atoms with E-state index in [1.165, 1.54) is 4.70 Å². The number of nitrogens with zero attached hydrogens (tertiary/aromatic N) is 1. The number of para-hydroxylation sites is 1. The van der Waals surface area contributed by atoms with Crippen molar-refractivity contribution in [2.24, 2.45) is 0 Å². The SMILES string of the molecule is O=C(CCc1nc2ccccc2s1)NC[C@@H]1CCCO1. The molecule has 106 valence electrons. The van der Waals surface area contributed by atoms with Crippen LogP contribution in [0.25, 0.3) is 10.2 Å². The van der Waals surface area contributed by atoms with Gasteiger partial charge in [-0.25, -0.2) is 4.98 Å². The lowest BCUT2D eigenvalue weighted by Gasteiger charge is -2.10. The molecule has 0 aliphatic carbocycles. The molecule has 1 fully saturated rings. The smallest absolute Gasteiger partial charge is 0.220 e. The lowest BCUT2D eigenvalue weighted by atomic mass is 10.2. The van der Waals surface area contributed by atoms with Gasteiger partial charge in [-0.05, 0) is 25.0 Å². The highest BCUT2D eigenvalue weighted by Crippen LogP contribution is 2.22. The molecule has 0 saturated carbocycles. The Hall–Kier alpha value is -1.46. The van der Waals surface area contributed by atoms with Crippen LogP contribution in [0.15, 0.2) is 24.3 Å².